The van der Waals surface area contributed by atoms with Gasteiger partial charge in [-0.3, -0.25) is 4.79 Å². The maximum Gasteiger partial charge on any atom is 0.417 e. The molecule has 1 aromatic heterocycles. The van der Waals surface area contributed by atoms with Crippen LogP contribution in [0.2, 0.25) is 0 Å². The molecule has 0 saturated carbocycles. The van der Waals surface area contributed by atoms with Crippen LogP contribution in [-0.2, 0) is 22.1 Å². The summed E-state index contributed by atoms with van der Waals surface area (Å²) < 4.78 is 43.3. The van der Waals surface area contributed by atoms with E-state index in [1.165, 1.54) is 13.2 Å². The van der Waals surface area contributed by atoms with Gasteiger partial charge in [-0.15, -0.1) is 11.3 Å². The van der Waals surface area contributed by atoms with E-state index >= 15 is 0 Å². The molecule has 0 aliphatic carbocycles. The lowest BCUT2D eigenvalue weighted by Crippen LogP contribution is -2.33. The minimum absolute atomic E-state index is 0.147. The number of thiophene rings is 1. The van der Waals surface area contributed by atoms with Crippen LogP contribution < -0.4 is 5.73 Å². The Bertz CT molecular complexity index is 636. The third-order valence-corrected chi connectivity index (χ3v) is 4.01. The van der Waals surface area contributed by atoms with Crippen molar-refractivity contribution in [1.29, 1.82) is 0 Å². The number of esters is 1. The topological polar surface area (TPSA) is 52.3 Å². The number of ether oxygens (including phenoxy) is 1. The van der Waals surface area contributed by atoms with Crippen LogP contribution in [0.25, 0.3) is 10.1 Å². The molecule has 0 aliphatic rings. The quantitative estimate of drug-likeness (QED) is 0.887. The molecular weight excluding hydrogens is 291 g/mol. The fraction of sp³-hybridized carbons (Fsp3) is 0.308. The molecule has 0 amide bonds. The molecule has 7 heteroatoms. The lowest BCUT2D eigenvalue weighted by atomic mass is 10.0. The number of carbonyl (C=O) groups is 1. The van der Waals surface area contributed by atoms with Gasteiger partial charge in [0.05, 0.1) is 12.7 Å². The van der Waals surface area contributed by atoms with Crippen LogP contribution in [0, 0.1) is 0 Å². The number of fused-ring (bicyclic) bond motifs is 1. The van der Waals surface area contributed by atoms with E-state index in [0.29, 0.717) is 10.9 Å². The van der Waals surface area contributed by atoms with Crippen LogP contribution in [0.3, 0.4) is 0 Å². The SMILES string of the molecule is COC(=O)[C@@H](N)Cc1csc2c(C(F)(F)F)cccc12. The van der Waals surface area contributed by atoms with E-state index in [1.807, 2.05) is 0 Å². The third kappa shape index (κ3) is 2.78. The summed E-state index contributed by atoms with van der Waals surface area (Å²) in [7, 11) is 1.22. The van der Waals surface area contributed by atoms with E-state index in [-0.39, 0.29) is 11.1 Å². The molecule has 108 valence electrons. The first kappa shape index (κ1) is 14.8. The molecule has 2 aromatic rings. The van der Waals surface area contributed by atoms with E-state index in [9.17, 15) is 18.0 Å². The number of hydrogen-bond donors (Lipinski definition) is 1. The smallest absolute Gasteiger partial charge is 0.417 e. The largest absolute Gasteiger partial charge is 0.468 e. The Morgan fingerprint density at radius 3 is 2.75 bits per heavy atom. The van der Waals surface area contributed by atoms with Crippen LogP contribution in [0.5, 0.6) is 0 Å². The van der Waals surface area contributed by atoms with Gasteiger partial charge in [-0.2, -0.15) is 13.2 Å². The van der Waals surface area contributed by atoms with Gasteiger partial charge >= 0.3 is 12.1 Å². The summed E-state index contributed by atoms with van der Waals surface area (Å²) in [4.78, 5) is 11.3. The average Bonchev–Trinajstić information content (AvgIpc) is 2.79. The predicted octanol–water partition coefficient (Wildman–Crippen LogP) is 2.96. The number of carbonyl (C=O) groups excluding carboxylic acids is 1. The summed E-state index contributed by atoms with van der Waals surface area (Å²) in [5.41, 5.74) is 5.59. The normalized spacial score (nSPS) is 13.4. The number of hydrogen-bond acceptors (Lipinski definition) is 4. The van der Waals surface area contributed by atoms with Gasteiger partial charge in [-0.25, -0.2) is 0 Å². The van der Waals surface area contributed by atoms with E-state index in [4.69, 9.17) is 5.73 Å². The molecule has 0 radical (unpaired) electrons. The zero-order valence-electron chi connectivity index (χ0n) is 10.5. The van der Waals surface area contributed by atoms with Gasteiger partial charge in [0.25, 0.3) is 0 Å². The first-order chi connectivity index (χ1) is 9.34. The molecule has 1 aromatic carbocycles. The summed E-state index contributed by atoms with van der Waals surface area (Å²) in [6.07, 6.45) is -4.25. The van der Waals surface area contributed by atoms with Gasteiger partial charge in [-0.1, -0.05) is 12.1 Å². The Hall–Kier alpha value is -1.60. The first-order valence-electron chi connectivity index (χ1n) is 5.74. The average molecular weight is 303 g/mol. The Kier molecular flexibility index (Phi) is 4.01. The van der Waals surface area contributed by atoms with Gasteiger partial charge in [0.2, 0.25) is 0 Å². The highest BCUT2D eigenvalue weighted by Gasteiger charge is 2.33. The van der Waals surface area contributed by atoms with Gasteiger partial charge < -0.3 is 10.5 Å². The molecule has 3 nitrogen and oxygen atoms in total. The number of benzene rings is 1. The summed E-state index contributed by atoms with van der Waals surface area (Å²) in [6.45, 7) is 0. The fourth-order valence-corrected chi connectivity index (χ4v) is 3.08. The third-order valence-electron chi connectivity index (χ3n) is 2.93. The number of rotatable bonds is 3. The maximum atomic E-state index is 12.9. The van der Waals surface area contributed by atoms with Crippen molar-refractivity contribution in [3.63, 3.8) is 0 Å². The zero-order chi connectivity index (χ0) is 14.9. The molecule has 20 heavy (non-hydrogen) atoms. The second-order valence-corrected chi connectivity index (χ2v) is 5.15. The Morgan fingerprint density at radius 1 is 1.45 bits per heavy atom. The summed E-state index contributed by atoms with van der Waals surface area (Å²) in [6, 6.07) is 3.11. The lowest BCUT2D eigenvalue weighted by molar-refractivity contribution is -0.142. The molecule has 0 aliphatic heterocycles. The molecule has 1 atom stereocenters. The van der Waals surface area contributed by atoms with Crippen LogP contribution >= 0.6 is 11.3 Å². The highest BCUT2D eigenvalue weighted by molar-refractivity contribution is 7.17. The molecule has 1 heterocycles. The number of halogens is 3. The Balaban J connectivity index is 2.41. The molecule has 2 N–H and O–H groups in total. The summed E-state index contributed by atoms with van der Waals surface area (Å²) >= 11 is 1.00. The van der Waals surface area contributed by atoms with Crippen LogP contribution in [-0.4, -0.2) is 19.1 Å². The number of nitrogens with two attached hydrogens (primary N) is 1. The first-order valence-corrected chi connectivity index (χ1v) is 6.62. The highest BCUT2D eigenvalue weighted by atomic mass is 32.1. The van der Waals surface area contributed by atoms with E-state index < -0.39 is 23.8 Å². The monoisotopic (exact) mass is 303 g/mol. The minimum atomic E-state index is -4.40. The molecule has 2 rings (SSSR count). The zero-order valence-corrected chi connectivity index (χ0v) is 11.3. The van der Waals surface area contributed by atoms with E-state index in [0.717, 1.165) is 17.4 Å². The Labute approximate surface area is 117 Å². The molecule has 0 spiro atoms. The van der Waals surface area contributed by atoms with Crippen LogP contribution in [0.4, 0.5) is 13.2 Å². The van der Waals surface area contributed by atoms with Crippen molar-refractivity contribution in [3.8, 4) is 0 Å². The molecule has 0 fully saturated rings. The van der Waals surface area contributed by atoms with Gasteiger partial charge in [0.1, 0.15) is 6.04 Å². The van der Waals surface area contributed by atoms with Crippen molar-refractivity contribution in [1.82, 2.24) is 0 Å². The fourth-order valence-electron chi connectivity index (χ4n) is 1.96. The van der Waals surface area contributed by atoms with Crippen molar-refractivity contribution in [2.75, 3.05) is 7.11 Å². The van der Waals surface area contributed by atoms with Crippen molar-refractivity contribution in [3.05, 3.63) is 34.7 Å². The summed E-state index contributed by atoms with van der Waals surface area (Å²) in [5.74, 6) is -0.587. The van der Waals surface area contributed by atoms with Gasteiger partial charge in [0, 0.05) is 4.70 Å². The highest BCUT2D eigenvalue weighted by Crippen LogP contribution is 2.38. The number of alkyl halides is 3. The molecule has 0 unspecified atom stereocenters. The van der Waals surface area contributed by atoms with Gasteiger partial charge in [0.15, 0.2) is 0 Å². The lowest BCUT2D eigenvalue weighted by Gasteiger charge is -2.10. The second-order valence-electron chi connectivity index (χ2n) is 4.27. The Morgan fingerprint density at radius 2 is 2.15 bits per heavy atom. The van der Waals surface area contributed by atoms with Crippen LogP contribution in [0.1, 0.15) is 11.1 Å². The molecule has 0 bridgehead atoms. The predicted molar refractivity (Wildman–Crippen MR) is 70.5 cm³/mol. The number of methoxy groups -OCH3 is 1. The molecule has 0 saturated heterocycles. The minimum Gasteiger partial charge on any atom is -0.468 e. The maximum absolute atomic E-state index is 12.9. The van der Waals surface area contributed by atoms with Crippen molar-refractivity contribution < 1.29 is 22.7 Å². The summed E-state index contributed by atoms with van der Waals surface area (Å²) in [5, 5.41) is 2.08. The van der Waals surface area contributed by atoms with Gasteiger partial charge in [-0.05, 0) is 28.8 Å². The van der Waals surface area contributed by atoms with Crippen molar-refractivity contribution in [2.45, 2.75) is 18.6 Å². The second kappa shape index (κ2) is 5.41. The van der Waals surface area contributed by atoms with E-state index in [2.05, 4.69) is 4.74 Å². The van der Waals surface area contributed by atoms with E-state index in [1.54, 1.807) is 11.4 Å². The van der Waals surface area contributed by atoms with Crippen molar-refractivity contribution >= 4 is 27.4 Å². The standard InChI is InChI=1S/C13H12F3NO2S/c1-19-12(18)10(17)5-7-6-20-11-8(7)3-2-4-9(11)13(14,15)16/h2-4,6,10H,5,17H2,1H3/t10-/m0/s1. The molecular formula is C13H12F3NO2S. The van der Waals surface area contributed by atoms with Crippen LogP contribution in [0.15, 0.2) is 23.6 Å². The van der Waals surface area contributed by atoms with Crippen molar-refractivity contribution in [2.24, 2.45) is 5.73 Å².